The van der Waals surface area contributed by atoms with Gasteiger partial charge in [-0.2, -0.15) is 0 Å². The molecule has 5 N–H and O–H groups in total. The molecule has 1 aliphatic rings. The molecule has 0 saturated heterocycles. The average molecular weight is 533 g/mol. The number of ether oxygens (including phenoxy) is 1. The van der Waals surface area contributed by atoms with E-state index in [0.29, 0.717) is 11.7 Å². The lowest BCUT2D eigenvalue weighted by Gasteiger charge is -2.12. The van der Waals surface area contributed by atoms with E-state index in [1.54, 1.807) is 0 Å². The van der Waals surface area contributed by atoms with E-state index in [2.05, 4.69) is 16.0 Å². The summed E-state index contributed by atoms with van der Waals surface area (Å²) in [5.74, 6) is 0.900. The summed E-state index contributed by atoms with van der Waals surface area (Å²) in [5.41, 5.74) is 10.7. The number of hydrogen-bond acceptors (Lipinski definition) is 4. The van der Waals surface area contributed by atoms with E-state index in [1.807, 2.05) is 66.7 Å². The molecule has 0 aliphatic heterocycles. The second-order valence-electron chi connectivity index (χ2n) is 9.00. The highest BCUT2D eigenvalue weighted by Crippen LogP contribution is 2.37. The van der Waals surface area contributed by atoms with Crippen LogP contribution in [-0.2, 0) is 0 Å². The number of unbranched alkanes of at least 4 members (excludes halogenated alkanes) is 5. The molecule has 0 spiro atoms. The Labute approximate surface area is 229 Å². The van der Waals surface area contributed by atoms with Crippen molar-refractivity contribution in [2.24, 2.45) is 5.73 Å². The number of hydrogen-bond donors (Lipinski definition) is 4. The van der Waals surface area contributed by atoms with Crippen molar-refractivity contribution >= 4 is 51.8 Å². The molecular formula is C29H32N4O2S2. The van der Waals surface area contributed by atoms with E-state index in [-0.39, 0.29) is 10.9 Å². The molecule has 3 aromatic carbocycles. The molecule has 0 aromatic heterocycles. The fourth-order valence-electron chi connectivity index (χ4n) is 4.41. The summed E-state index contributed by atoms with van der Waals surface area (Å²) in [7, 11) is 0. The van der Waals surface area contributed by atoms with Gasteiger partial charge in [-0.25, -0.2) is 0 Å². The number of carbonyl (C=O) groups excluding carboxylic acids is 1. The standard InChI is InChI=1S/C29H32N4O2S2/c30-28(36)32-20-10-9-11-22(18-20)35-17-8-4-2-1-3-7-16-31-29(37)33-21-14-15-25-26(19-21)23-12-5-6-13-24(23)27(25)34/h5-6,9-15,18-19H,1-4,7-8,16-17H2,(H3,30,32,36)(H2,31,33,37). The second-order valence-corrected chi connectivity index (χ2v) is 9.85. The summed E-state index contributed by atoms with van der Waals surface area (Å²) in [4.78, 5) is 12.5. The summed E-state index contributed by atoms with van der Waals surface area (Å²) in [5, 5.41) is 10.3. The Hall–Kier alpha value is -3.49. The van der Waals surface area contributed by atoms with Crippen LogP contribution >= 0.6 is 24.4 Å². The van der Waals surface area contributed by atoms with Crippen molar-refractivity contribution in [3.8, 4) is 16.9 Å². The van der Waals surface area contributed by atoms with Crippen LogP contribution in [0.5, 0.6) is 5.75 Å². The van der Waals surface area contributed by atoms with Crippen LogP contribution in [0.15, 0.2) is 66.7 Å². The Morgan fingerprint density at radius 1 is 0.730 bits per heavy atom. The topological polar surface area (TPSA) is 88.4 Å². The lowest BCUT2D eigenvalue weighted by Crippen LogP contribution is -2.29. The molecule has 192 valence electrons. The number of fused-ring (bicyclic) bond motifs is 3. The number of ketones is 1. The first-order valence-corrected chi connectivity index (χ1v) is 13.5. The van der Waals surface area contributed by atoms with E-state index >= 15 is 0 Å². The molecule has 0 saturated carbocycles. The van der Waals surface area contributed by atoms with Gasteiger partial charge < -0.3 is 26.4 Å². The van der Waals surface area contributed by atoms with Gasteiger partial charge in [0.15, 0.2) is 16.0 Å². The van der Waals surface area contributed by atoms with Gasteiger partial charge in [-0.15, -0.1) is 0 Å². The normalized spacial score (nSPS) is 11.4. The van der Waals surface area contributed by atoms with Gasteiger partial charge in [-0.3, -0.25) is 4.79 Å². The molecule has 0 fully saturated rings. The van der Waals surface area contributed by atoms with Gasteiger partial charge in [0, 0.05) is 35.1 Å². The van der Waals surface area contributed by atoms with Gasteiger partial charge in [-0.1, -0.05) is 56.0 Å². The Morgan fingerprint density at radius 2 is 1.43 bits per heavy atom. The van der Waals surface area contributed by atoms with E-state index in [1.165, 1.54) is 12.8 Å². The molecule has 0 bridgehead atoms. The van der Waals surface area contributed by atoms with Crippen molar-refractivity contribution in [1.29, 1.82) is 0 Å². The third-order valence-corrected chi connectivity index (χ3v) is 6.56. The van der Waals surface area contributed by atoms with Gasteiger partial charge in [-0.05, 0) is 78.7 Å². The molecule has 37 heavy (non-hydrogen) atoms. The minimum atomic E-state index is 0.0848. The summed E-state index contributed by atoms with van der Waals surface area (Å²) in [6.07, 6.45) is 6.75. The van der Waals surface area contributed by atoms with E-state index in [9.17, 15) is 4.79 Å². The van der Waals surface area contributed by atoms with E-state index < -0.39 is 0 Å². The van der Waals surface area contributed by atoms with Gasteiger partial charge in [0.2, 0.25) is 0 Å². The molecular weight excluding hydrogens is 500 g/mol. The van der Waals surface area contributed by atoms with Crippen LogP contribution in [0.4, 0.5) is 11.4 Å². The van der Waals surface area contributed by atoms with Gasteiger partial charge in [0.25, 0.3) is 0 Å². The molecule has 0 atom stereocenters. The van der Waals surface area contributed by atoms with Gasteiger partial charge in [0.05, 0.1) is 6.61 Å². The lowest BCUT2D eigenvalue weighted by molar-refractivity contribution is 0.104. The Morgan fingerprint density at radius 3 is 2.24 bits per heavy atom. The van der Waals surface area contributed by atoms with Crippen molar-refractivity contribution in [2.75, 3.05) is 23.8 Å². The number of carbonyl (C=O) groups is 1. The Kier molecular flexibility index (Phi) is 9.46. The fraction of sp³-hybridized carbons (Fsp3) is 0.276. The number of nitrogens with two attached hydrogens (primary N) is 1. The molecule has 1 aliphatic carbocycles. The predicted octanol–water partition coefficient (Wildman–Crippen LogP) is 6.26. The summed E-state index contributed by atoms with van der Waals surface area (Å²) >= 11 is 10.3. The zero-order chi connectivity index (χ0) is 26.0. The first kappa shape index (κ1) is 26.6. The highest BCUT2D eigenvalue weighted by atomic mass is 32.1. The van der Waals surface area contributed by atoms with Crippen LogP contribution in [0.1, 0.15) is 54.4 Å². The Balaban J connectivity index is 1.06. The average Bonchev–Trinajstić information content (AvgIpc) is 3.16. The van der Waals surface area contributed by atoms with Gasteiger partial charge >= 0.3 is 0 Å². The van der Waals surface area contributed by atoms with Crippen molar-refractivity contribution in [3.63, 3.8) is 0 Å². The predicted molar refractivity (Wildman–Crippen MR) is 160 cm³/mol. The summed E-state index contributed by atoms with van der Waals surface area (Å²) in [6, 6.07) is 21.2. The maximum Gasteiger partial charge on any atom is 0.194 e. The number of anilines is 2. The van der Waals surface area contributed by atoms with Crippen molar-refractivity contribution in [1.82, 2.24) is 5.32 Å². The third-order valence-electron chi connectivity index (χ3n) is 6.21. The van der Waals surface area contributed by atoms with Crippen molar-refractivity contribution in [2.45, 2.75) is 38.5 Å². The fourth-order valence-corrected chi connectivity index (χ4v) is 4.75. The first-order chi connectivity index (χ1) is 18.0. The minimum Gasteiger partial charge on any atom is -0.494 e. The maximum atomic E-state index is 12.5. The molecule has 6 nitrogen and oxygen atoms in total. The van der Waals surface area contributed by atoms with Crippen LogP contribution in [0.3, 0.4) is 0 Å². The summed E-state index contributed by atoms with van der Waals surface area (Å²) in [6.45, 7) is 1.53. The van der Waals surface area contributed by atoms with Crippen LogP contribution in [0, 0.1) is 0 Å². The monoisotopic (exact) mass is 532 g/mol. The lowest BCUT2D eigenvalue weighted by atomic mass is 10.1. The first-order valence-electron chi connectivity index (χ1n) is 12.6. The number of benzene rings is 3. The quantitative estimate of drug-likeness (QED) is 0.126. The Bertz CT molecular complexity index is 1280. The molecule has 0 unspecified atom stereocenters. The SMILES string of the molecule is NC(=S)Nc1cccc(OCCCCCCCCNC(=S)Nc2ccc3c(c2)-c2ccccc2C3=O)c1. The molecule has 0 amide bonds. The second kappa shape index (κ2) is 13.2. The van der Waals surface area contributed by atoms with E-state index in [0.717, 1.165) is 71.6 Å². The highest BCUT2D eigenvalue weighted by molar-refractivity contribution is 7.80. The van der Waals surface area contributed by atoms with Gasteiger partial charge in [0.1, 0.15) is 5.75 Å². The largest absolute Gasteiger partial charge is 0.494 e. The van der Waals surface area contributed by atoms with Crippen molar-refractivity contribution in [3.05, 3.63) is 77.9 Å². The van der Waals surface area contributed by atoms with Crippen LogP contribution in [0.2, 0.25) is 0 Å². The van der Waals surface area contributed by atoms with Crippen molar-refractivity contribution < 1.29 is 9.53 Å². The van der Waals surface area contributed by atoms with Crippen LogP contribution in [0.25, 0.3) is 11.1 Å². The van der Waals surface area contributed by atoms with E-state index in [4.69, 9.17) is 34.9 Å². The summed E-state index contributed by atoms with van der Waals surface area (Å²) < 4.78 is 5.82. The highest BCUT2D eigenvalue weighted by Gasteiger charge is 2.26. The molecule has 3 aromatic rings. The third kappa shape index (κ3) is 7.50. The molecule has 8 heteroatoms. The molecule has 0 radical (unpaired) electrons. The number of nitrogens with one attached hydrogen (secondary N) is 3. The molecule has 0 heterocycles. The smallest absolute Gasteiger partial charge is 0.194 e. The zero-order valence-electron chi connectivity index (χ0n) is 20.7. The number of rotatable bonds is 12. The zero-order valence-corrected chi connectivity index (χ0v) is 22.4. The minimum absolute atomic E-state index is 0.0848. The van der Waals surface area contributed by atoms with Crippen LogP contribution in [-0.4, -0.2) is 29.2 Å². The number of thiocarbonyl (C=S) groups is 2. The van der Waals surface area contributed by atoms with Crippen LogP contribution < -0.4 is 26.4 Å². The maximum absolute atomic E-state index is 12.5. The molecule has 4 rings (SSSR count).